The second-order valence-electron chi connectivity index (χ2n) is 5.19. The maximum atomic E-state index is 13.7. The first-order valence-electron chi connectivity index (χ1n) is 6.77. The molecule has 0 saturated heterocycles. The molecule has 0 radical (unpaired) electrons. The molecule has 1 N–H and O–H groups in total. The van der Waals surface area contributed by atoms with Gasteiger partial charge in [0.25, 0.3) is 5.91 Å². The van der Waals surface area contributed by atoms with Gasteiger partial charge in [0.2, 0.25) is 0 Å². The van der Waals surface area contributed by atoms with Crippen LogP contribution in [0.5, 0.6) is 0 Å². The summed E-state index contributed by atoms with van der Waals surface area (Å²) in [7, 11) is 0. The van der Waals surface area contributed by atoms with Crippen LogP contribution >= 0.6 is 11.6 Å². The van der Waals surface area contributed by atoms with Crippen LogP contribution in [0.4, 0.5) is 4.39 Å². The van der Waals surface area contributed by atoms with Crippen LogP contribution in [0.15, 0.2) is 42.5 Å². The number of hydrogen-bond acceptors (Lipinski definition) is 1. The van der Waals surface area contributed by atoms with E-state index in [0.29, 0.717) is 11.4 Å². The molecular weight excluding hydrogens is 289 g/mol. The van der Waals surface area contributed by atoms with Crippen LogP contribution < -0.4 is 5.32 Å². The number of rotatable bonds is 4. The van der Waals surface area contributed by atoms with E-state index in [-0.39, 0.29) is 11.6 Å². The highest BCUT2D eigenvalue weighted by molar-refractivity contribution is 6.30. The molecule has 1 amide bonds. The summed E-state index contributed by atoms with van der Waals surface area (Å²) in [6.45, 7) is 3.71. The van der Waals surface area contributed by atoms with Crippen molar-refractivity contribution in [3.05, 3.63) is 70.0 Å². The molecule has 0 aliphatic rings. The zero-order chi connectivity index (χ0) is 15.4. The molecule has 2 rings (SSSR count). The molecule has 0 heterocycles. The Kier molecular flexibility index (Phi) is 4.97. The topological polar surface area (TPSA) is 29.1 Å². The molecule has 0 aromatic heterocycles. The van der Waals surface area contributed by atoms with Crippen molar-refractivity contribution in [2.45, 2.75) is 26.3 Å². The molecule has 2 nitrogen and oxygen atoms in total. The summed E-state index contributed by atoms with van der Waals surface area (Å²) in [5.41, 5.74) is 1.96. The number of halogens is 2. The number of benzene rings is 2. The van der Waals surface area contributed by atoms with Gasteiger partial charge in [0, 0.05) is 11.1 Å². The van der Waals surface area contributed by atoms with E-state index < -0.39 is 11.7 Å². The Morgan fingerprint density at radius 1 is 1.29 bits per heavy atom. The third kappa shape index (κ3) is 4.30. The summed E-state index contributed by atoms with van der Waals surface area (Å²) in [5, 5.41) is 3.47. The van der Waals surface area contributed by atoms with E-state index in [1.807, 2.05) is 32.0 Å². The van der Waals surface area contributed by atoms with Crippen LogP contribution in [-0.2, 0) is 6.42 Å². The number of carbonyl (C=O) groups excluding carboxylic acids is 1. The third-order valence-electron chi connectivity index (χ3n) is 3.17. The third-order valence-corrected chi connectivity index (χ3v) is 3.41. The molecule has 0 saturated carbocycles. The van der Waals surface area contributed by atoms with Crippen molar-refractivity contribution in [1.29, 1.82) is 0 Å². The number of carbonyl (C=O) groups is 1. The number of hydrogen-bond donors (Lipinski definition) is 1. The smallest absolute Gasteiger partial charge is 0.254 e. The van der Waals surface area contributed by atoms with Crippen LogP contribution in [0.1, 0.15) is 28.4 Å². The number of amides is 1. The Morgan fingerprint density at radius 2 is 2.05 bits per heavy atom. The fourth-order valence-corrected chi connectivity index (χ4v) is 2.40. The molecule has 0 aliphatic heterocycles. The summed E-state index contributed by atoms with van der Waals surface area (Å²) in [5.74, 6) is -0.904. The Morgan fingerprint density at radius 3 is 2.76 bits per heavy atom. The van der Waals surface area contributed by atoms with Crippen LogP contribution in [0.25, 0.3) is 0 Å². The standard InChI is InChI=1S/C17H17ClFNO/c1-11-6-7-16(19)15(8-11)17(21)20-12(2)9-13-4-3-5-14(18)10-13/h3-8,10,12H,9H2,1-2H3,(H,20,21). The summed E-state index contributed by atoms with van der Waals surface area (Å²) in [6, 6.07) is 11.9. The van der Waals surface area contributed by atoms with Gasteiger partial charge in [0.15, 0.2) is 0 Å². The van der Waals surface area contributed by atoms with Gasteiger partial charge >= 0.3 is 0 Å². The lowest BCUT2D eigenvalue weighted by Crippen LogP contribution is -2.34. The van der Waals surface area contributed by atoms with E-state index >= 15 is 0 Å². The van der Waals surface area contributed by atoms with E-state index in [4.69, 9.17) is 11.6 Å². The van der Waals surface area contributed by atoms with E-state index in [9.17, 15) is 9.18 Å². The Hall–Kier alpha value is -1.87. The summed E-state index contributed by atoms with van der Waals surface area (Å²) >= 11 is 5.93. The van der Waals surface area contributed by atoms with Crippen molar-refractivity contribution in [3.63, 3.8) is 0 Å². The zero-order valence-corrected chi connectivity index (χ0v) is 12.7. The zero-order valence-electron chi connectivity index (χ0n) is 12.0. The molecule has 0 spiro atoms. The second kappa shape index (κ2) is 6.72. The first-order chi connectivity index (χ1) is 9.95. The fourth-order valence-electron chi connectivity index (χ4n) is 2.18. The average Bonchev–Trinajstić information content (AvgIpc) is 2.41. The summed E-state index contributed by atoms with van der Waals surface area (Å²) in [4.78, 5) is 12.1. The minimum atomic E-state index is -0.506. The Balaban J connectivity index is 2.03. The highest BCUT2D eigenvalue weighted by Gasteiger charge is 2.14. The Labute approximate surface area is 128 Å². The summed E-state index contributed by atoms with van der Waals surface area (Å²) in [6.07, 6.45) is 0.639. The maximum Gasteiger partial charge on any atom is 0.254 e. The van der Waals surface area contributed by atoms with Gasteiger partial charge in [0.1, 0.15) is 5.82 Å². The summed E-state index contributed by atoms with van der Waals surface area (Å²) < 4.78 is 13.7. The average molecular weight is 306 g/mol. The monoisotopic (exact) mass is 305 g/mol. The molecule has 2 aromatic rings. The van der Waals surface area contributed by atoms with E-state index in [0.717, 1.165) is 11.1 Å². The van der Waals surface area contributed by atoms with E-state index in [1.54, 1.807) is 18.2 Å². The van der Waals surface area contributed by atoms with Crippen LogP contribution in [-0.4, -0.2) is 11.9 Å². The number of nitrogens with one attached hydrogen (secondary N) is 1. The highest BCUT2D eigenvalue weighted by atomic mass is 35.5. The molecule has 1 unspecified atom stereocenters. The van der Waals surface area contributed by atoms with Crippen LogP contribution in [0.3, 0.4) is 0 Å². The predicted molar refractivity (Wildman–Crippen MR) is 83.2 cm³/mol. The van der Waals surface area contributed by atoms with Gasteiger partial charge in [-0.25, -0.2) is 4.39 Å². The molecule has 110 valence electrons. The molecule has 0 fully saturated rings. The van der Waals surface area contributed by atoms with E-state index in [1.165, 1.54) is 6.07 Å². The van der Waals surface area contributed by atoms with Crippen LogP contribution in [0.2, 0.25) is 5.02 Å². The SMILES string of the molecule is Cc1ccc(F)c(C(=O)NC(C)Cc2cccc(Cl)c2)c1. The fraction of sp³-hybridized carbons (Fsp3) is 0.235. The highest BCUT2D eigenvalue weighted by Crippen LogP contribution is 2.13. The molecular formula is C17H17ClFNO. The van der Waals surface area contributed by atoms with Crippen molar-refractivity contribution in [3.8, 4) is 0 Å². The van der Waals surface area contributed by atoms with Crippen LogP contribution in [0, 0.1) is 12.7 Å². The van der Waals surface area contributed by atoms with Gasteiger partial charge < -0.3 is 5.32 Å². The first-order valence-corrected chi connectivity index (χ1v) is 7.15. The van der Waals surface area contributed by atoms with Gasteiger partial charge in [-0.3, -0.25) is 4.79 Å². The minimum Gasteiger partial charge on any atom is -0.349 e. The molecule has 0 bridgehead atoms. The quantitative estimate of drug-likeness (QED) is 0.903. The lowest BCUT2D eigenvalue weighted by Gasteiger charge is -2.15. The molecule has 2 aromatic carbocycles. The lowest BCUT2D eigenvalue weighted by atomic mass is 10.1. The van der Waals surface area contributed by atoms with Crippen molar-refractivity contribution < 1.29 is 9.18 Å². The molecule has 4 heteroatoms. The largest absolute Gasteiger partial charge is 0.349 e. The Bertz CT molecular complexity index is 657. The van der Waals surface area contributed by atoms with Gasteiger partial charge in [-0.1, -0.05) is 35.4 Å². The maximum absolute atomic E-state index is 13.7. The van der Waals surface area contributed by atoms with Crippen molar-refractivity contribution >= 4 is 17.5 Å². The first kappa shape index (κ1) is 15.5. The van der Waals surface area contributed by atoms with Crippen molar-refractivity contribution in [1.82, 2.24) is 5.32 Å². The van der Waals surface area contributed by atoms with Crippen molar-refractivity contribution in [2.75, 3.05) is 0 Å². The van der Waals surface area contributed by atoms with E-state index in [2.05, 4.69) is 5.32 Å². The molecule has 1 atom stereocenters. The van der Waals surface area contributed by atoms with Gasteiger partial charge in [-0.15, -0.1) is 0 Å². The predicted octanol–water partition coefficient (Wildman–Crippen LogP) is 4.15. The van der Waals surface area contributed by atoms with Gasteiger partial charge in [-0.2, -0.15) is 0 Å². The molecule has 21 heavy (non-hydrogen) atoms. The normalized spacial score (nSPS) is 12.0. The lowest BCUT2D eigenvalue weighted by molar-refractivity contribution is 0.0936. The van der Waals surface area contributed by atoms with Gasteiger partial charge in [-0.05, 0) is 50.1 Å². The second-order valence-corrected chi connectivity index (χ2v) is 5.63. The molecule has 0 aliphatic carbocycles. The van der Waals surface area contributed by atoms with Crippen molar-refractivity contribution in [2.24, 2.45) is 0 Å². The minimum absolute atomic E-state index is 0.0768. The number of aryl methyl sites for hydroxylation is 1. The van der Waals surface area contributed by atoms with Gasteiger partial charge in [0.05, 0.1) is 5.56 Å².